The van der Waals surface area contributed by atoms with Crippen LogP contribution >= 0.6 is 0 Å². The molecule has 0 atom stereocenters. The lowest BCUT2D eigenvalue weighted by Crippen LogP contribution is -2.36. The topological polar surface area (TPSA) is 39.7 Å². The van der Waals surface area contributed by atoms with Gasteiger partial charge in [-0.25, -0.2) is 4.99 Å². The molecular weight excluding hydrogens is 272 g/mol. The highest BCUT2D eigenvalue weighted by molar-refractivity contribution is 5.79. The van der Waals surface area contributed by atoms with Gasteiger partial charge in [-0.3, -0.25) is 4.90 Å². The lowest BCUT2D eigenvalue weighted by Gasteiger charge is -2.26. The van der Waals surface area contributed by atoms with Crippen molar-refractivity contribution in [2.45, 2.75) is 46.2 Å². The van der Waals surface area contributed by atoms with Gasteiger partial charge < -0.3 is 10.6 Å². The fraction of sp³-hybridized carbons (Fsp3) is 0.611. The van der Waals surface area contributed by atoms with Gasteiger partial charge in [-0.15, -0.1) is 0 Å². The molecule has 0 amide bonds. The summed E-state index contributed by atoms with van der Waals surface area (Å²) in [6.07, 6.45) is 4.10. The third kappa shape index (κ3) is 5.68. The molecule has 22 heavy (non-hydrogen) atoms. The molecule has 4 nitrogen and oxygen atoms in total. The zero-order valence-corrected chi connectivity index (χ0v) is 14.1. The minimum atomic E-state index is 0.722. The maximum Gasteiger partial charge on any atom is 0.191 e. The van der Waals surface area contributed by atoms with Crippen molar-refractivity contribution in [2.75, 3.05) is 26.2 Å². The van der Waals surface area contributed by atoms with E-state index in [1.807, 2.05) is 0 Å². The lowest BCUT2D eigenvalue weighted by molar-refractivity contribution is 0.221. The molecule has 4 heteroatoms. The second-order valence-electron chi connectivity index (χ2n) is 5.88. The van der Waals surface area contributed by atoms with Crippen molar-refractivity contribution in [3.63, 3.8) is 0 Å². The Bertz CT molecular complexity index is 439. The number of likely N-dealkylation sites (tertiary alicyclic amines) is 1. The van der Waals surface area contributed by atoms with Crippen LogP contribution in [0.15, 0.2) is 29.3 Å². The first-order valence-corrected chi connectivity index (χ1v) is 8.64. The van der Waals surface area contributed by atoms with Crippen LogP contribution in [0, 0.1) is 0 Å². The zero-order valence-electron chi connectivity index (χ0n) is 14.1. The molecule has 2 rings (SSSR count). The fourth-order valence-electron chi connectivity index (χ4n) is 2.81. The molecule has 1 aliphatic heterocycles. The van der Waals surface area contributed by atoms with Gasteiger partial charge >= 0.3 is 0 Å². The first-order chi connectivity index (χ1) is 10.8. The van der Waals surface area contributed by atoms with Gasteiger partial charge in [0.15, 0.2) is 5.96 Å². The molecule has 0 unspecified atom stereocenters. The molecular formula is C18H30N4. The summed E-state index contributed by atoms with van der Waals surface area (Å²) in [5, 5.41) is 6.50. The molecule has 1 fully saturated rings. The number of piperidine rings is 1. The molecule has 0 saturated carbocycles. The summed E-state index contributed by atoms with van der Waals surface area (Å²) >= 11 is 0. The zero-order chi connectivity index (χ0) is 15.6. The lowest BCUT2D eigenvalue weighted by atomic mass is 10.1. The Morgan fingerprint density at radius 1 is 0.955 bits per heavy atom. The van der Waals surface area contributed by atoms with Crippen LogP contribution < -0.4 is 10.6 Å². The van der Waals surface area contributed by atoms with Crippen molar-refractivity contribution in [1.82, 2.24) is 15.5 Å². The standard InChI is InChI=1S/C18H30N4/c1-3-19-18(20-4-2)21-14-16-8-10-17(11-9-16)15-22-12-6-5-7-13-22/h8-11H,3-7,12-15H2,1-2H3,(H2,19,20,21). The highest BCUT2D eigenvalue weighted by Gasteiger charge is 2.10. The van der Waals surface area contributed by atoms with Gasteiger partial charge in [0.1, 0.15) is 0 Å². The SMILES string of the molecule is CCNC(=NCc1ccc(CN2CCCCC2)cc1)NCC. The average Bonchev–Trinajstić information content (AvgIpc) is 2.55. The summed E-state index contributed by atoms with van der Waals surface area (Å²) in [6.45, 7) is 10.3. The largest absolute Gasteiger partial charge is 0.357 e. The van der Waals surface area contributed by atoms with Gasteiger partial charge in [-0.2, -0.15) is 0 Å². The third-order valence-electron chi connectivity index (χ3n) is 3.99. The van der Waals surface area contributed by atoms with Crippen LogP contribution in [0.3, 0.4) is 0 Å². The second kappa shape index (κ2) is 9.46. The van der Waals surface area contributed by atoms with Gasteiger partial charge in [0, 0.05) is 19.6 Å². The van der Waals surface area contributed by atoms with Crippen molar-refractivity contribution >= 4 is 5.96 Å². The number of rotatable bonds is 6. The summed E-state index contributed by atoms with van der Waals surface area (Å²) in [5.74, 6) is 0.891. The molecule has 1 aliphatic rings. The normalized spacial score (nSPS) is 15.4. The number of hydrogen-bond donors (Lipinski definition) is 2. The van der Waals surface area contributed by atoms with E-state index in [-0.39, 0.29) is 0 Å². The predicted molar refractivity (Wildman–Crippen MR) is 94.1 cm³/mol. The molecule has 1 saturated heterocycles. The van der Waals surface area contributed by atoms with E-state index < -0.39 is 0 Å². The van der Waals surface area contributed by atoms with E-state index in [1.54, 1.807) is 0 Å². The van der Waals surface area contributed by atoms with E-state index in [0.29, 0.717) is 0 Å². The predicted octanol–water partition coefficient (Wildman–Crippen LogP) is 2.75. The maximum atomic E-state index is 4.60. The van der Waals surface area contributed by atoms with Crippen molar-refractivity contribution in [1.29, 1.82) is 0 Å². The Kier molecular flexibility index (Phi) is 7.23. The van der Waals surface area contributed by atoms with E-state index in [1.165, 1.54) is 43.5 Å². The second-order valence-corrected chi connectivity index (χ2v) is 5.88. The molecule has 0 aliphatic carbocycles. The van der Waals surface area contributed by atoms with E-state index in [0.717, 1.165) is 32.1 Å². The highest BCUT2D eigenvalue weighted by atomic mass is 15.2. The maximum absolute atomic E-state index is 4.60. The summed E-state index contributed by atoms with van der Waals surface area (Å²) in [5.41, 5.74) is 2.67. The molecule has 0 bridgehead atoms. The van der Waals surface area contributed by atoms with Gasteiger partial charge in [0.25, 0.3) is 0 Å². The molecule has 0 spiro atoms. The van der Waals surface area contributed by atoms with Crippen LogP contribution in [0.25, 0.3) is 0 Å². The van der Waals surface area contributed by atoms with Crippen LogP contribution in [0.1, 0.15) is 44.2 Å². The number of hydrogen-bond acceptors (Lipinski definition) is 2. The molecule has 1 aromatic rings. The monoisotopic (exact) mass is 302 g/mol. The number of aliphatic imine (C=N–C) groups is 1. The third-order valence-corrected chi connectivity index (χ3v) is 3.99. The number of nitrogens with one attached hydrogen (secondary N) is 2. The Morgan fingerprint density at radius 2 is 1.55 bits per heavy atom. The van der Waals surface area contributed by atoms with Crippen molar-refractivity contribution in [3.8, 4) is 0 Å². The van der Waals surface area contributed by atoms with Gasteiger partial charge in [0.05, 0.1) is 6.54 Å². The first kappa shape index (κ1) is 16.8. The van der Waals surface area contributed by atoms with Gasteiger partial charge in [0.2, 0.25) is 0 Å². The van der Waals surface area contributed by atoms with Crippen LogP contribution in [0.4, 0.5) is 0 Å². The van der Waals surface area contributed by atoms with Crippen molar-refractivity contribution < 1.29 is 0 Å². The van der Waals surface area contributed by atoms with E-state index >= 15 is 0 Å². The van der Waals surface area contributed by atoms with Gasteiger partial charge in [-0.05, 0) is 50.9 Å². The Labute approximate surface area is 135 Å². The van der Waals surface area contributed by atoms with E-state index in [4.69, 9.17) is 0 Å². The average molecular weight is 302 g/mol. The smallest absolute Gasteiger partial charge is 0.191 e. The summed E-state index contributed by atoms with van der Waals surface area (Å²) < 4.78 is 0. The molecule has 0 radical (unpaired) electrons. The summed E-state index contributed by atoms with van der Waals surface area (Å²) in [7, 11) is 0. The van der Waals surface area contributed by atoms with Gasteiger partial charge in [-0.1, -0.05) is 30.7 Å². The Morgan fingerprint density at radius 3 is 2.14 bits per heavy atom. The van der Waals surface area contributed by atoms with Crippen LogP contribution in [0.5, 0.6) is 0 Å². The minimum absolute atomic E-state index is 0.722. The molecule has 1 heterocycles. The number of nitrogens with zero attached hydrogens (tertiary/aromatic N) is 2. The molecule has 122 valence electrons. The molecule has 2 N–H and O–H groups in total. The van der Waals surface area contributed by atoms with E-state index in [9.17, 15) is 0 Å². The van der Waals surface area contributed by atoms with Crippen molar-refractivity contribution in [3.05, 3.63) is 35.4 Å². The summed E-state index contributed by atoms with van der Waals surface area (Å²) in [4.78, 5) is 7.16. The van der Waals surface area contributed by atoms with E-state index in [2.05, 4.69) is 58.6 Å². The van der Waals surface area contributed by atoms with Crippen LogP contribution in [-0.4, -0.2) is 37.0 Å². The van der Waals surface area contributed by atoms with Crippen LogP contribution in [-0.2, 0) is 13.1 Å². The fourth-order valence-corrected chi connectivity index (χ4v) is 2.81. The van der Waals surface area contributed by atoms with Crippen molar-refractivity contribution in [2.24, 2.45) is 4.99 Å². The first-order valence-electron chi connectivity index (χ1n) is 8.64. The Balaban J connectivity index is 1.86. The molecule has 0 aromatic heterocycles. The quantitative estimate of drug-likeness (QED) is 0.627. The number of benzene rings is 1. The molecule has 1 aromatic carbocycles. The highest BCUT2D eigenvalue weighted by Crippen LogP contribution is 2.13. The summed E-state index contributed by atoms with van der Waals surface area (Å²) in [6, 6.07) is 8.91. The minimum Gasteiger partial charge on any atom is -0.357 e. The number of guanidine groups is 1. The Hall–Kier alpha value is -1.55. The van der Waals surface area contributed by atoms with Crippen LogP contribution in [0.2, 0.25) is 0 Å².